The number of carbonyl (C=O) groups excluding carboxylic acids is 1. The van der Waals surface area contributed by atoms with E-state index in [4.69, 9.17) is 0 Å². The fourth-order valence-corrected chi connectivity index (χ4v) is 4.92. The van der Waals surface area contributed by atoms with Crippen LogP contribution in [0.3, 0.4) is 0 Å². The molecule has 0 aromatic rings. The van der Waals surface area contributed by atoms with Crippen molar-refractivity contribution in [2.45, 2.75) is 51.0 Å². The summed E-state index contributed by atoms with van der Waals surface area (Å²) in [6.45, 7) is 6.74. The van der Waals surface area contributed by atoms with Crippen molar-refractivity contribution in [2.75, 3.05) is 39.3 Å². The van der Waals surface area contributed by atoms with E-state index in [9.17, 15) is 4.79 Å². The molecule has 1 amide bonds. The van der Waals surface area contributed by atoms with Gasteiger partial charge in [0.25, 0.3) is 0 Å². The molecule has 1 spiro atoms. The van der Waals surface area contributed by atoms with Gasteiger partial charge in [0.05, 0.1) is 0 Å². The summed E-state index contributed by atoms with van der Waals surface area (Å²) in [6.07, 6.45) is 8.89. The van der Waals surface area contributed by atoms with Crippen molar-refractivity contribution in [1.29, 1.82) is 0 Å². The van der Waals surface area contributed by atoms with Crippen molar-refractivity contribution in [3.8, 4) is 0 Å². The second-order valence-electron chi connectivity index (χ2n) is 7.69. The second-order valence-corrected chi connectivity index (χ2v) is 7.69. The van der Waals surface area contributed by atoms with Gasteiger partial charge in [-0.1, -0.05) is 6.42 Å². The van der Waals surface area contributed by atoms with Crippen molar-refractivity contribution >= 4 is 30.7 Å². The van der Waals surface area contributed by atoms with Gasteiger partial charge >= 0.3 is 0 Å². The maximum atomic E-state index is 12.8. The lowest BCUT2D eigenvalue weighted by Gasteiger charge is -2.32. The number of piperidine rings is 2. The van der Waals surface area contributed by atoms with Crippen LogP contribution in [0.4, 0.5) is 0 Å². The molecular formula is C17H31Cl2N3O. The molecule has 4 rings (SSSR count). The van der Waals surface area contributed by atoms with E-state index in [1.807, 2.05) is 0 Å². The number of likely N-dealkylation sites (tertiary alicyclic amines) is 2. The van der Waals surface area contributed by atoms with Gasteiger partial charge in [-0.3, -0.25) is 9.69 Å². The molecule has 4 aliphatic rings. The summed E-state index contributed by atoms with van der Waals surface area (Å²) < 4.78 is 0. The van der Waals surface area contributed by atoms with Gasteiger partial charge in [0.15, 0.2) is 0 Å². The number of nitrogens with zero attached hydrogens (tertiary/aromatic N) is 2. The Hall–Kier alpha value is -0.0300. The van der Waals surface area contributed by atoms with Crippen LogP contribution >= 0.6 is 24.8 Å². The van der Waals surface area contributed by atoms with Crippen LogP contribution in [0.1, 0.15) is 44.9 Å². The first-order valence-electron chi connectivity index (χ1n) is 9.02. The molecule has 1 saturated carbocycles. The SMILES string of the molecule is Cl.Cl.O=C(C1CC12CCNCC2)N1CCC(N2CCCCC2)C1. The minimum Gasteiger partial charge on any atom is -0.341 e. The molecule has 0 radical (unpaired) electrons. The third-order valence-corrected chi connectivity index (χ3v) is 6.47. The van der Waals surface area contributed by atoms with Crippen molar-refractivity contribution < 1.29 is 4.79 Å². The standard InChI is InChI=1S/C17H29N3O.2ClH/c21-16(15-12-17(15)5-7-18-8-6-17)20-11-4-14(13-20)19-9-2-1-3-10-19;;/h14-15,18H,1-13H2;2*1H. The van der Waals surface area contributed by atoms with Gasteiger partial charge < -0.3 is 10.2 Å². The highest BCUT2D eigenvalue weighted by Gasteiger charge is 2.58. The molecule has 6 heteroatoms. The summed E-state index contributed by atoms with van der Waals surface area (Å²) in [5, 5.41) is 3.43. The van der Waals surface area contributed by atoms with Gasteiger partial charge in [0, 0.05) is 25.0 Å². The highest BCUT2D eigenvalue weighted by Crippen LogP contribution is 2.59. The molecule has 1 N–H and O–H groups in total. The van der Waals surface area contributed by atoms with E-state index in [-0.39, 0.29) is 24.8 Å². The monoisotopic (exact) mass is 363 g/mol. The Morgan fingerprint density at radius 2 is 1.70 bits per heavy atom. The molecule has 4 fully saturated rings. The zero-order valence-electron chi connectivity index (χ0n) is 14.0. The van der Waals surface area contributed by atoms with Gasteiger partial charge in [-0.15, -0.1) is 24.8 Å². The lowest BCUT2D eigenvalue weighted by atomic mass is 9.91. The Morgan fingerprint density at radius 3 is 2.39 bits per heavy atom. The lowest BCUT2D eigenvalue weighted by Crippen LogP contribution is -2.42. The summed E-state index contributed by atoms with van der Waals surface area (Å²) >= 11 is 0. The topological polar surface area (TPSA) is 35.6 Å². The summed E-state index contributed by atoms with van der Waals surface area (Å²) in [4.78, 5) is 17.6. The summed E-state index contributed by atoms with van der Waals surface area (Å²) in [5.41, 5.74) is 0.394. The summed E-state index contributed by atoms with van der Waals surface area (Å²) in [7, 11) is 0. The lowest BCUT2D eigenvalue weighted by molar-refractivity contribution is -0.132. The molecular weight excluding hydrogens is 333 g/mol. The van der Waals surface area contributed by atoms with Crippen LogP contribution < -0.4 is 5.32 Å². The molecule has 23 heavy (non-hydrogen) atoms. The highest BCUT2D eigenvalue weighted by atomic mass is 35.5. The van der Waals surface area contributed by atoms with Crippen LogP contribution in [0, 0.1) is 11.3 Å². The Labute approximate surface area is 152 Å². The quantitative estimate of drug-likeness (QED) is 0.817. The molecule has 2 atom stereocenters. The maximum Gasteiger partial charge on any atom is 0.226 e. The minimum atomic E-state index is 0. The number of rotatable bonds is 2. The summed E-state index contributed by atoms with van der Waals surface area (Å²) in [5.74, 6) is 0.844. The van der Waals surface area contributed by atoms with E-state index < -0.39 is 0 Å². The number of amides is 1. The van der Waals surface area contributed by atoms with E-state index >= 15 is 0 Å². The zero-order valence-corrected chi connectivity index (χ0v) is 15.6. The molecule has 0 bridgehead atoms. The molecule has 1 aliphatic carbocycles. The molecule has 3 heterocycles. The molecule has 4 nitrogen and oxygen atoms in total. The van der Waals surface area contributed by atoms with Crippen LogP contribution in [0.25, 0.3) is 0 Å². The minimum absolute atomic E-state index is 0. The molecule has 134 valence electrons. The highest BCUT2D eigenvalue weighted by molar-refractivity contribution is 5.85. The van der Waals surface area contributed by atoms with Crippen molar-refractivity contribution in [1.82, 2.24) is 15.1 Å². The van der Waals surface area contributed by atoms with E-state index in [0.717, 1.165) is 26.2 Å². The van der Waals surface area contributed by atoms with E-state index in [2.05, 4.69) is 15.1 Å². The van der Waals surface area contributed by atoms with Crippen LogP contribution in [0.5, 0.6) is 0 Å². The van der Waals surface area contributed by atoms with E-state index in [1.165, 1.54) is 58.0 Å². The second kappa shape index (κ2) is 7.90. The Kier molecular flexibility index (Phi) is 6.63. The average molecular weight is 364 g/mol. The Bertz CT molecular complexity index is 409. The van der Waals surface area contributed by atoms with E-state index in [0.29, 0.717) is 23.3 Å². The van der Waals surface area contributed by atoms with Crippen LogP contribution in [0.15, 0.2) is 0 Å². The predicted octanol–water partition coefficient (Wildman–Crippen LogP) is 2.31. The Balaban J connectivity index is 0.000000960. The fraction of sp³-hybridized carbons (Fsp3) is 0.941. The normalized spacial score (nSPS) is 33.0. The zero-order chi connectivity index (χ0) is 14.3. The molecule has 0 aromatic carbocycles. The van der Waals surface area contributed by atoms with Gasteiger partial charge in [0.2, 0.25) is 5.91 Å². The third kappa shape index (κ3) is 3.81. The van der Waals surface area contributed by atoms with Crippen molar-refractivity contribution in [3.63, 3.8) is 0 Å². The number of nitrogens with one attached hydrogen (secondary N) is 1. The molecule has 3 saturated heterocycles. The largest absolute Gasteiger partial charge is 0.341 e. The van der Waals surface area contributed by atoms with Gasteiger partial charge in [0.1, 0.15) is 0 Å². The number of halogens is 2. The molecule has 3 aliphatic heterocycles. The third-order valence-electron chi connectivity index (χ3n) is 6.47. The van der Waals surface area contributed by atoms with E-state index in [1.54, 1.807) is 0 Å². The Morgan fingerprint density at radius 1 is 1.00 bits per heavy atom. The number of carbonyl (C=O) groups is 1. The number of hydrogen-bond donors (Lipinski definition) is 1. The smallest absolute Gasteiger partial charge is 0.226 e. The first-order valence-corrected chi connectivity index (χ1v) is 9.02. The fourth-order valence-electron chi connectivity index (χ4n) is 4.92. The first kappa shape index (κ1) is 19.3. The molecule has 2 unspecified atom stereocenters. The van der Waals surface area contributed by atoms with Crippen LogP contribution in [-0.4, -0.2) is 61.0 Å². The average Bonchev–Trinajstić information content (AvgIpc) is 3.01. The summed E-state index contributed by atoms with van der Waals surface area (Å²) in [6, 6.07) is 0.650. The van der Waals surface area contributed by atoms with Gasteiger partial charge in [-0.25, -0.2) is 0 Å². The van der Waals surface area contributed by atoms with Gasteiger partial charge in [-0.2, -0.15) is 0 Å². The maximum absolute atomic E-state index is 12.8. The number of hydrogen-bond acceptors (Lipinski definition) is 3. The van der Waals surface area contributed by atoms with Crippen molar-refractivity contribution in [3.05, 3.63) is 0 Å². The van der Waals surface area contributed by atoms with Gasteiger partial charge in [-0.05, 0) is 70.1 Å². The van der Waals surface area contributed by atoms with Crippen molar-refractivity contribution in [2.24, 2.45) is 11.3 Å². The first-order chi connectivity index (χ1) is 10.3. The van der Waals surface area contributed by atoms with Crippen LogP contribution in [-0.2, 0) is 4.79 Å². The molecule has 0 aromatic heterocycles. The predicted molar refractivity (Wildman–Crippen MR) is 97.5 cm³/mol. The van der Waals surface area contributed by atoms with Crippen LogP contribution in [0.2, 0.25) is 0 Å².